The van der Waals surface area contributed by atoms with Crippen LogP contribution in [0.3, 0.4) is 0 Å². The first-order valence-electron chi connectivity index (χ1n) is 11.0. The molecule has 0 bridgehead atoms. The Morgan fingerprint density at radius 1 is 0.939 bits per heavy atom. The Balaban J connectivity index is 1.68. The number of aromatic nitrogens is 1. The highest BCUT2D eigenvalue weighted by Crippen LogP contribution is 2.36. The Morgan fingerprint density at radius 3 is 2.33 bits per heavy atom. The van der Waals surface area contributed by atoms with Crippen LogP contribution in [0.2, 0.25) is 0 Å². The van der Waals surface area contributed by atoms with Gasteiger partial charge < -0.3 is 20.1 Å². The van der Waals surface area contributed by atoms with E-state index < -0.39 is 6.09 Å². The highest BCUT2D eigenvalue weighted by Gasteiger charge is 2.13. The molecular formula is C27H29N3O3. The van der Waals surface area contributed by atoms with Crippen LogP contribution in [-0.2, 0) is 11.3 Å². The van der Waals surface area contributed by atoms with Crippen LogP contribution < -0.4 is 15.4 Å². The van der Waals surface area contributed by atoms with Gasteiger partial charge in [-0.1, -0.05) is 12.1 Å². The van der Waals surface area contributed by atoms with Gasteiger partial charge in [-0.2, -0.15) is 0 Å². The minimum Gasteiger partial charge on any atom is -0.497 e. The van der Waals surface area contributed by atoms with Crippen LogP contribution in [0.1, 0.15) is 30.5 Å². The van der Waals surface area contributed by atoms with Gasteiger partial charge in [0.1, 0.15) is 12.4 Å². The fourth-order valence-corrected chi connectivity index (χ4v) is 3.70. The normalized spacial score (nSPS) is 11.1. The minimum absolute atomic E-state index is 0.0418. The van der Waals surface area contributed by atoms with Crippen molar-refractivity contribution >= 4 is 39.3 Å². The number of amides is 1. The molecule has 4 aromatic rings. The van der Waals surface area contributed by atoms with Crippen LogP contribution in [0.4, 0.5) is 16.2 Å². The van der Waals surface area contributed by atoms with Crippen molar-refractivity contribution in [3.8, 4) is 5.75 Å². The number of carbonyl (C=O) groups excluding carboxylic acids is 1. The van der Waals surface area contributed by atoms with E-state index in [2.05, 4.69) is 36.6 Å². The van der Waals surface area contributed by atoms with Crippen molar-refractivity contribution in [1.29, 1.82) is 0 Å². The molecule has 2 N–H and O–H groups in total. The summed E-state index contributed by atoms with van der Waals surface area (Å²) in [6, 6.07) is 18.1. The first kappa shape index (κ1) is 22.4. The molecule has 0 saturated carbocycles. The van der Waals surface area contributed by atoms with Crippen LogP contribution in [0, 0.1) is 13.8 Å². The average Bonchev–Trinajstić information content (AvgIpc) is 2.79. The van der Waals surface area contributed by atoms with Crippen LogP contribution in [-0.4, -0.2) is 24.2 Å². The van der Waals surface area contributed by atoms with Crippen LogP contribution in [0.5, 0.6) is 5.75 Å². The number of fused-ring (bicyclic) bond motifs is 2. The van der Waals surface area contributed by atoms with E-state index in [9.17, 15) is 4.79 Å². The second kappa shape index (κ2) is 9.36. The predicted octanol–water partition coefficient (Wildman–Crippen LogP) is 6.39. The van der Waals surface area contributed by atoms with E-state index in [0.717, 1.165) is 44.5 Å². The molecule has 3 aromatic carbocycles. The van der Waals surface area contributed by atoms with E-state index in [-0.39, 0.29) is 12.6 Å². The van der Waals surface area contributed by atoms with Crippen molar-refractivity contribution in [2.75, 3.05) is 12.4 Å². The van der Waals surface area contributed by atoms with E-state index in [4.69, 9.17) is 14.5 Å². The number of ether oxygens (including phenoxy) is 2. The predicted molar refractivity (Wildman–Crippen MR) is 133 cm³/mol. The molecule has 1 aromatic heterocycles. The van der Waals surface area contributed by atoms with Gasteiger partial charge in [-0.15, -0.1) is 0 Å². The number of hydrogen-bond acceptors (Lipinski definition) is 5. The second-order valence-electron chi connectivity index (χ2n) is 8.52. The maximum absolute atomic E-state index is 11.7. The summed E-state index contributed by atoms with van der Waals surface area (Å²) in [4.78, 5) is 16.6. The van der Waals surface area contributed by atoms with Gasteiger partial charge >= 0.3 is 6.09 Å². The standard InChI is InChI=1S/C27H29N3O3/c1-16(2)28-27(31)33-15-19-6-8-20(9-7-19)29-26-22-12-17(3)18(4)13-25(22)30-24-11-10-21(32-5)14-23(24)26/h6-14,16H,15H2,1-5H3,(H,28,31)(H,29,30). The fourth-order valence-electron chi connectivity index (χ4n) is 3.70. The van der Waals surface area contributed by atoms with Crippen molar-refractivity contribution < 1.29 is 14.3 Å². The van der Waals surface area contributed by atoms with Gasteiger partial charge in [0.25, 0.3) is 0 Å². The van der Waals surface area contributed by atoms with Gasteiger partial charge in [0.2, 0.25) is 0 Å². The maximum atomic E-state index is 11.7. The summed E-state index contributed by atoms with van der Waals surface area (Å²) < 4.78 is 10.7. The molecular weight excluding hydrogens is 414 g/mol. The summed E-state index contributed by atoms with van der Waals surface area (Å²) in [6.45, 7) is 8.22. The van der Waals surface area contributed by atoms with Crippen molar-refractivity contribution in [3.63, 3.8) is 0 Å². The smallest absolute Gasteiger partial charge is 0.407 e. The Kier molecular flexibility index (Phi) is 6.36. The molecule has 4 rings (SSSR count). The molecule has 0 aliphatic heterocycles. The molecule has 0 unspecified atom stereocenters. The van der Waals surface area contributed by atoms with Gasteiger partial charge in [0.05, 0.1) is 23.8 Å². The molecule has 0 aliphatic carbocycles. The summed E-state index contributed by atoms with van der Waals surface area (Å²) in [5.41, 5.74) is 7.09. The Morgan fingerprint density at radius 2 is 1.64 bits per heavy atom. The lowest BCUT2D eigenvalue weighted by Gasteiger charge is -2.16. The summed E-state index contributed by atoms with van der Waals surface area (Å²) in [7, 11) is 1.67. The SMILES string of the molecule is COc1ccc2nc3cc(C)c(C)cc3c(Nc3ccc(COC(=O)NC(C)C)cc3)c2c1. The molecule has 1 amide bonds. The highest BCUT2D eigenvalue weighted by molar-refractivity contribution is 6.09. The Labute approximate surface area is 193 Å². The molecule has 0 spiro atoms. The van der Waals surface area contributed by atoms with Crippen molar-refractivity contribution in [2.24, 2.45) is 0 Å². The molecule has 0 fully saturated rings. The Hall–Kier alpha value is -3.80. The van der Waals surface area contributed by atoms with Gasteiger partial charge in [-0.3, -0.25) is 0 Å². The van der Waals surface area contributed by atoms with Crippen LogP contribution >= 0.6 is 0 Å². The highest BCUT2D eigenvalue weighted by atomic mass is 16.5. The molecule has 0 saturated heterocycles. The number of hydrogen-bond donors (Lipinski definition) is 2. The summed E-state index contributed by atoms with van der Waals surface area (Å²) in [6.07, 6.45) is -0.415. The number of nitrogens with one attached hydrogen (secondary N) is 2. The molecule has 6 heteroatoms. The number of anilines is 2. The first-order chi connectivity index (χ1) is 15.8. The van der Waals surface area contributed by atoms with E-state index >= 15 is 0 Å². The van der Waals surface area contributed by atoms with Gasteiger partial charge in [-0.05, 0) is 86.8 Å². The fraction of sp³-hybridized carbons (Fsp3) is 0.259. The number of alkyl carbamates (subject to hydrolysis) is 1. The molecule has 0 radical (unpaired) electrons. The topological polar surface area (TPSA) is 72.5 Å². The van der Waals surface area contributed by atoms with Crippen LogP contribution in [0.25, 0.3) is 21.8 Å². The van der Waals surface area contributed by atoms with E-state index in [1.807, 2.05) is 56.3 Å². The zero-order valence-electron chi connectivity index (χ0n) is 19.7. The third-order valence-corrected chi connectivity index (χ3v) is 5.60. The number of carbonyl (C=O) groups is 1. The zero-order chi connectivity index (χ0) is 23.5. The molecule has 0 aliphatic rings. The lowest BCUT2D eigenvalue weighted by atomic mass is 10.0. The molecule has 0 atom stereocenters. The number of pyridine rings is 1. The molecule has 170 valence electrons. The lowest BCUT2D eigenvalue weighted by Crippen LogP contribution is -2.30. The van der Waals surface area contributed by atoms with Gasteiger partial charge in [0.15, 0.2) is 0 Å². The third kappa shape index (κ3) is 5.00. The quantitative estimate of drug-likeness (QED) is 0.338. The van der Waals surface area contributed by atoms with Crippen molar-refractivity contribution in [2.45, 2.75) is 40.3 Å². The van der Waals surface area contributed by atoms with Crippen molar-refractivity contribution in [3.05, 3.63) is 71.3 Å². The summed E-state index contributed by atoms with van der Waals surface area (Å²) >= 11 is 0. The monoisotopic (exact) mass is 443 g/mol. The van der Waals surface area contributed by atoms with Gasteiger partial charge in [-0.25, -0.2) is 9.78 Å². The number of methoxy groups -OCH3 is 1. The van der Waals surface area contributed by atoms with E-state index in [0.29, 0.717) is 0 Å². The number of nitrogens with zero attached hydrogens (tertiary/aromatic N) is 1. The summed E-state index contributed by atoms with van der Waals surface area (Å²) in [5, 5.41) is 8.35. The van der Waals surface area contributed by atoms with Crippen molar-refractivity contribution in [1.82, 2.24) is 10.3 Å². The minimum atomic E-state index is -0.415. The number of aryl methyl sites for hydroxylation is 2. The number of benzene rings is 3. The summed E-state index contributed by atoms with van der Waals surface area (Å²) in [5.74, 6) is 0.780. The Bertz CT molecular complexity index is 1310. The third-order valence-electron chi connectivity index (χ3n) is 5.60. The molecule has 33 heavy (non-hydrogen) atoms. The number of rotatable bonds is 6. The largest absolute Gasteiger partial charge is 0.497 e. The van der Waals surface area contributed by atoms with Gasteiger partial charge in [0, 0.05) is 22.5 Å². The lowest BCUT2D eigenvalue weighted by molar-refractivity contribution is 0.137. The second-order valence-corrected chi connectivity index (χ2v) is 8.52. The molecule has 1 heterocycles. The maximum Gasteiger partial charge on any atom is 0.407 e. The molecule has 6 nitrogen and oxygen atoms in total. The first-order valence-corrected chi connectivity index (χ1v) is 11.0. The average molecular weight is 444 g/mol. The van der Waals surface area contributed by atoms with E-state index in [1.54, 1.807) is 7.11 Å². The van der Waals surface area contributed by atoms with E-state index in [1.165, 1.54) is 11.1 Å². The zero-order valence-corrected chi connectivity index (χ0v) is 19.7. The van der Waals surface area contributed by atoms with Crippen LogP contribution in [0.15, 0.2) is 54.6 Å².